The fraction of sp³-hybridized carbons (Fsp3) is 0.200. The summed E-state index contributed by atoms with van der Waals surface area (Å²) in [5.74, 6) is -3.60. The van der Waals surface area contributed by atoms with E-state index in [0.29, 0.717) is 26.2 Å². The lowest BCUT2D eigenvalue weighted by Crippen LogP contribution is -2.33. The van der Waals surface area contributed by atoms with E-state index in [2.05, 4.69) is 5.32 Å². The van der Waals surface area contributed by atoms with Gasteiger partial charge in [-0.3, -0.25) is 23.7 Å². The van der Waals surface area contributed by atoms with Crippen LogP contribution in [0.2, 0.25) is 5.02 Å². The van der Waals surface area contributed by atoms with Gasteiger partial charge in [-0.25, -0.2) is 4.90 Å². The number of thiazole rings is 1. The van der Waals surface area contributed by atoms with Gasteiger partial charge in [-0.1, -0.05) is 65.0 Å². The second kappa shape index (κ2) is 11.0. The molecule has 2 aliphatic heterocycles. The third kappa shape index (κ3) is 5.39. The van der Waals surface area contributed by atoms with Crippen molar-refractivity contribution in [2.24, 2.45) is 5.92 Å². The summed E-state index contributed by atoms with van der Waals surface area (Å²) in [6.07, 6.45) is -4.67. The molecule has 7 nitrogen and oxygen atoms in total. The first-order valence-corrected chi connectivity index (χ1v) is 15.1. The summed E-state index contributed by atoms with van der Waals surface area (Å²) in [5.41, 5.74) is 0.917. The Labute approximate surface area is 256 Å². The number of amides is 3. The Balaban J connectivity index is 1.41. The molecular weight excluding hydrogens is 623 g/mol. The topological polar surface area (TPSA) is 88.5 Å². The number of hydrogen-bond donors (Lipinski definition) is 1. The van der Waals surface area contributed by atoms with Gasteiger partial charge < -0.3 is 5.32 Å². The van der Waals surface area contributed by atoms with Crippen LogP contribution in [0, 0.1) is 12.8 Å². The van der Waals surface area contributed by atoms with E-state index in [4.69, 9.17) is 11.6 Å². The van der Waals surface area contributed by atoms with Crippen LogP contribution in [-0.4, -0.2) is 27.5 Å². The number of aromatic nitrogens is 1. The standard InChI is InChI=1S/C30H21ClF3N3O4S2/c1-15-4-2-6-19(12-15)35-21(38)14-36-28-25(43-29(36)41)22(16-8-10-18(31)11-9-16)23-24(42-28)27(40)37(26(23)39)20-7-3-5-17(13-20)30(32,33)34/h2-13,22-24H,14H2,1H3,(H,35,38)/t22-,23-,24+/m0/s1. The molecule has 6 rings (SSSR count). The first-order chi connectivity index (χ1) is 20.4. The van der Waals surface area contributed by atoms with Crippen LogP contribution < -0.4 is 15.1 Å². The third-order valence-electron chi connectivity index (χ3n) is 7.31. The van der Waals surface area contributed by atoms with Crippen LogP contribution in [0.25, 0.3) is 0 Å². The van der Waals surface area contributed by atoms with Gasteiger partial charge in [0.15, 0.2) is 0 Å². The largest absolute Gasteiger partial charge is 0.416 e. The van der Waals surface area contributed by atoms with E-state index in [1.165, 1.54) is 10.6 Å². The van der Waals surface area contributed by atoms with Gasteiger partial charge in [-0.05, 0) is 60.5 Å². The molecular formula is C30H21ClF3N3O4S2. The summed E-state index contributed by atoms with van der Waals surface area (Å²) in [4.78, 5) is 54.8. The molecule has 3 atom stereocenters. The molecule has 0 saturated carbocycles. The van der Waals surface area contributed by atoms with Crippen molar-refractivity contribution in [2.45, 2.75) is 35.8 Å². The lowest BCUT2D eigenvalue weighted by atomic mass is 9.83. The molecule has 0 bridgehead atoms. The fourth-order valence-corrected chi connectivity index (χ4v) is 8.33. The van der Waals surface area contributed by atoms with Crippen LogP contribution in [0.3, 0.4) is 0 Å². The van der Waals surface area contributed by atoms with Gasteiger partial charge in [0.05, 0.1) is 22.2 Å². The number of carbonyl (C=O) groups excluding carboxylic acids is 3. The molecule has 43 heavy (non-hydrogen) atoms. The summed E-state index contributed by atoms with van der Waals surface area (Å²) in [5, 5.41) is 2.52. The lowest BCUT2D eigenvalue weighted by Gasteiger charge is -2.30. The Hall–Kier alpha value is -3.87. The highest BCUT2D eigenvalue weighted by Gasteiger charge is 2.57. The third-order valence-corrected chi connectivity index (χ3v) is 10.2. The number of carbonyl (C=O) groups is 3. The summed E-state index contributed by atoms with van der Waals surface area (Å²) in [7, 11) is 0. The molecule has 1 aromatic heterocycles. The van der Waals surface area contributed by atoms with Crippen LogP contribution in [0.4, 0.5) is 24.5 Å². The van der Waals surface area contributed by atoms with E-state index in [-0.39, 0.29) is 12.2 Å². The maximum absolute atomic E-state index is 13.9. The number of hydrogen-bond acceptors (Lipinski definition) is 6. The monoisotopic (exact) mass is 643 g/mol. The molecule has 1 saturated heterocycles. The lowest BCUT2D eigenvalue weighted by molar-refractivity contribution is -0.137. The quantitative estimate of drug-likeness (QED) is 0.257. The summed E-state index contributed by atoms with van der Waals surface area (Å²) < 4.78 is 41.7. The highest BCUT2D eigenvalue weighted by molar-refractivity contribution is 8.00. The number of thioether (sulfide) groups is 1. The van der Waals surface area contributed by atoms with Crippen LogP contribution in [0.15, 0.2) is 82.6 Å². The van der Waals surface area contributed by atoms with Gasteiger partial charge in [0.25, 0.3) is 0 Å². The van der Waals surface area contributed by atoms with Crippen molar-refractivity contribution >= 4 is 63.8 Å². The maximum atomic E-state index is 13.9. The first-order valence-electron chi connectivity index (χ1n) is 13.0. The second-order valence-electron chi connectivity index (χ2n) is 10.2. The van der Waals surface area contributed by atoms with Crippen molar-refractivity contribution < 1.29 is 27.6 Å². The molecule has 0 unspecified atom stereocenters. The van der Waals surface area contributed by atoms with Crippen molar-refractivity contribution in [2.75, 3.05) is 10.2 Å². The number of benzene rings is 3. The molecule has 1 fully saturated rings. The van der Waals surface area contributed by atoms with E-state index in [1.54, 1.807) is 42.5 Å². The number of alkyl halides is 3. The minimum absolute atomic E-state index is 0.187. The minimum Gasteiger partial charge on any atom is -0.325 e. The van der Waals surface area contributed by atoms with Crippen LogP contribution >= 0.6 is 34.7 Å². The highest BCUT2D eigenvalue weighted by atomic mass is 35.5. The summed E-state index contributed by atoms with van der Waals surface area (Å²) in [6.45, 7) is 1.54. The Morgan fingerprint density at radius 2 is 1.70 bits per heavy atom. The van der Waals surface area contributed by atoms with Gasteiger partial charge in [0.2, 0.25) is 17.7 Å². The van der Waals surface area contributed by atoms with Crippen LogP contribution in [0.1, 0.15) is 27.5 Å². The Morgan fingerprint density at radius 1 is 0.977 bits per heavy atom. The number of imide groups is 1. The normalized spacial score (nSPS) is 19.7. The zero-order valence-electron chi connectivity index (χ0n) is 22.2. The molecule has 3 aromatic carbocycles. The molecule has 3 amide bonds. The van der Waals surface area contributed by atoms with Crippen LogP contribution in [-0.2, 0) is 27.1 Å². The van der Waals surface area contributed by atoms with Crippen molar-refractivity contribution in [3.05, 3.63) is 109 Å². The Kier molecular flexibility index (Phi) is 7.47. The molecule has 2 aliphatic rings. The highest BCUT2D eigenvalue weighted by Crippen LogP contribution is 2.54. The van der Waals surface area contributed by atoms with E-state index in [0.717, 1.165) is 51.8 Å². The zero-order valence-corrected chi connectivity index (χ0v) is 24.6. The number of fused-ring (bicyclic) bond motifs is 2. The van der Waals surface area contributed by atoms with E-state index in [1.807, 2.05) is 13.0 Å². The number of nitrogens with zero attached hydrogens (tertiary/aromatic N) is 2. The number of halogens is 4. The molecule has 3 heterocycles. The van der Waals surface area contributed by atoms with Gasteiger partial charge in [0.1, 0.15) is 11.8 Å². The molecule has 13 heteroatoms. The number of aryl methyl sites for hydroxylation is 1. The fourth-order valence-electron chi connectivity index (χ4n) is 5.43. The predicted molar refractivity (Wildman–Crippen MR) is 159 cm³/mol. The van der Waals surface area contributed by atoms with Crippen LogP contribution in [0.5, 0.6) is 0 Å². The summed E-state index contributed by atoms with van der Waals surface area (Å²) in [6, 6.07) is 17.8. The average molecular weight is 644 g/mol. The number of rotatable bonds is 5. The van der Waals surface area contributed by atoms with E-state index < -0.39 is 51.4 Å². The smallest absolute Gasteiger partial charge is 0.325 e. The average Bonchev–Trinajstić information content (AvgIpc) is 3.39. The van der Waals surface area contributed by atoms with Gasteiger partial charge >= 0.3 is 11.0 Å². The predicted octanol–water partition coefficient (Wildman–Crippen LogP) is 6.32. The minimum atomic E-state index is -4.67. The Bertz CT molecular complexity index is 1840. The Morgan fingerprint density at radius 3 is 2.40 bits per heavy atom. The van der Waals surface area contributed by atoms with Crippen molar-refractivity contribution in [1.29, 1.82) is 0 Å². The molecule has 0 aliphatic carbocycles. The second-order valence-corrected chi connectivity index (χ2v) is 12.8. The van der Waals surface area contributed by atoms with Crippen molar-refractivity contribution in [1.82, 2.24) is 4.57 Å². The first kappa shape index (κ1) is 29.2. The molecule has 4 aromatic rings. The molecule has 220 valence electrons. The van der Waals surface area contributed by atoms with E-state index >= 15 is 0 Å². The maximum Gasteiger partial charge on any atom is 0.416 e. The van der Waals surface area contributed by atoms with Gasteiger partial charge in [0, 0.05) is 21.5 Å². The summed E-state index contributed by atoms with van der Waals surface area (Å²) >= 11 is 7.96. The van der Waals surface area contributed by atoms with Gasteiger partial charge in [-0.15, -0.1) is 0 Å². The van der Waals surface area contributed by atoms with Crippen molar-refractivity contribution in [3.8, 4) is 0 Å². The molecule has 0 radical (unpaired) electrons. The number of nitrogens with one attached hydrogen (secondary N) is 1. The molecule has 1 N–H and O–H groups in total. The van der Waals surface area contributed by atoms with Crippen molar-refractivity contribution in [3.63, 3.8) is 0 Å². The zero-order chi connectivity index (χ0) is 30.6. The molecule has 0 spiro atoms. The number of anilines is 2. The van der Waals surface area contributed by atoms with E-state index in [9.17, 15) is 32.3 Å². The van der Waals surface area contributed by atoms with Gasteiger partial charge in [-0.2, -0.15) is 13.2 Å². The SMILES string of the molecule is Cc1cccc(NC(=O)Cn2c3c(sc2=O)[C@@H](c2ccc(Cl)cc2)[C@@H]2C(=O)N(c4cccc(C(F)(F)F)c4)C(=O)[C@@H]2S3)c1.